The number of pyridine rings is 1. The van der Waals surface area contributed by atoms with Gasteiger partial charge in [-0.25, -0.2) is 4.52 Å². The van der Waals surface area contributed by atoms with Crippen molar-refractivity contribution in [3.63, 3.8) is 0 Å². The molecule has 1 amide bonds. The highest BCUT2D eigenvalue weighted by Crippen LogP contribution is 2.26. The van der Waals surface area contributed by atoms with Crippen LogP contribution in [0, 0.1) is 0 Å². The van der Waals surface area contributed by atoms with Crippen LogP contribution in [-0.4, -0.2) is 50.8 Å². The number of rotatable bonds is 7. The number of hydrogen-bond donors (Lipinski definition) is 1. The highest BCUT2D eigenvalue weighted by atomic mass is 16.5. The lowest BCUT2D eigenvalue weighted by Crippen LogP contribution is -2.20. The number of aromatic nitrogens is 5. The Morgan fingerprint density at radius 2 is 2.15 bits per heavy atom. The third-order valence-electron chi connectivity index (χ3n) is 4.15. The van der Waals surface area contributed by atoms with Crippen LogP contribution >= 0.6 is 0 Å². The number of hydrogen-bond acceptors (Lipinski definition) is 6. The normalized spacial score (nSPS) is 11.1. The molecule has 0 atom stereocenters. The van der Waals surface area contributed by atoms with Gasteiger partial charge in [0.15, 0.2) is 12.3 Å². The van der Waals surface area contributed by atoms with Crippen LogP contribution in [0.2, 0.25) is 0 Å². The van der Waals surface area contributed by atoms with Crippen molar-refractivity contribution in [3.05, 3.63) is 48.8 Å². The quantitative estimate of drug-likeness (QED) is 0.535. The molecular formula is C18H18N6O3. The molecule has 0 radical (unpaired) electrons. The van der Waals surface area contributed by atoms with Gasteiger partial charge in [-0.1, -0.05) is 6.07 Å². The number of nitrogens with zero attached hydrogens (tertiary/aromatic N) is 5. The topological polar surface area (TPSA) is 95.6 Å². The second kappa shape index (κ2) is 7.42. The van der Waals surface area contributed by atoms with E-state index in [0.717, 1.165) is 17.4 Å². The van der Waals surface area contributed by atoms with E-state index in [-0.39, 0.29) is 12.5 Å². The van der Waals surface area contributed by atoms with Crippen molar-refractivity contribution in [3.8, 4) is 5.75 Å². The van der Waals surface area contributed by atoms with E-state index in [1.54, 1.807) is 25.4 Å². The first-order valence-corrected chi connectivity index (χ1v) is 8.42. The average Bonchev–Trinajstić information content (AvgIpc) is 3.31. The Hall–Kier alpha value is -3.46. The van der Waals surface area contributed by atoms with Crippen LogP contribution in [0.15, 0.2) is 48.8 Å². The van der Waals surface area contributed by atoms with Gasteiger partial charge in [0.2, 0.25) is 0 Å². The first-order valence-electron chi connectivity index (χ1n) is 8.42. The van der Waals surface area contributed by atoms with E-state index < -0.39 is 0 Å². The summed E-state index contributed by atoms with van der Waals surface area (Å²) in [5, 5.41) is 14.9. The number of nitrogens with one attached hydrogen (secondary N) is 1. The fourth-order valence-electron chi connectivity index (χ4n) is 2.86. The fraction of sp³-hybridized carbons (Fsp3) is 0.222. The number of fused-ring (bicyclic) bond motifs is 2. The number of tetrazole rings is 1. The Kier molecular flexibility index (Phi) is 4.67. The molecule has 0 unspecified atom stereocenters. The summed E-state index contributed by atoms with van der Waals surface area (Å²) in [4.78, 5) is 12.2. The molecule has 0 spiro atoms. The molecule has 27 heavy (non-hydrogen) atoms. The molecule has 0 saturated heterocycles. The van der Waals surface area contributed by atoms with Crippen LogP contribution in [0.5, 0.6) is 5.75 Å². The summed E-state index contributed by atoms with van der Waals surface area (Å²) in [6, 6.07) is 11.2. The van der Waals surface area contributed by atoms with E-state index in [4.69, 9.17) is 9.47 Å². The molecule has 4 rings (SSSR count). The zero-order valence-corrected chi connectivity index (χ0v) is 14.7. The molecule has 3 aromatic heterocycles. The van der Waals surface area contributed by atoms with Crippen LogP contribution < -0.4 is 10.1 Å². The van der Waals surface area contributed by atoms with Gasteiger partial charge in [-0.2, -0.15) is 0 Å². The van der Waals surface area contributed by atoms with Gasteiger partial charge in [0.05, 0.1) is 12.1 Å². The minimum atomic E-state index is -0.261. The molecule has 0 saturated carbocycles. The lowest BCUT2D eigenvalue weighted by Gasteiger charge is -2.09. The molecule has 1 N–H and O–H groups in total. The smallest absolute Gasteiger partial charge is 0.262 e. The Morgan fingerprint density at radius 1 is 1.22 bits per heavy atom. The van der Waals surface area contributed by atoms with Crippen LogP contribution in [0.4, 0.5) is 5.69 Å². The Morgan fingerprint density at radius 3 is 3.04 bits per heavy atom. The predicted molar refractivity (Wildman–Crippen MR) is 98.7 cm³/mol. The second-order valence-electron chi connectivity index (χ2n) is 5.92. The fourth-order valence-corrected chi connectivity index (χ4v) is 2.86. The minimum absolute atomic E-state index is 0.0987. The highest BCUT2D eigenvalue weighted by molar-refractivity contribution is 5.93. The summed E-state index contributed by atoms with van der Waals surface area (Å²) in [5.41, 5.74) is 2.19. The van der Waals surface area contributed by atoms with E-state index in [1.807, 2.05) is 30.5 Å². The van der Waals surface area contributed by atoms with Gasteiger partial charge < -0.3 is 19.4 Å². The molecule has 0 aliphatic carbocycles. The first kappa shape index (κ1) is 17.0. The maximum Gasteiger partial charge on any atom is 0.262 e. The van der Waals surface area contributed by atoms with Crippen LogP contribution in [0.3, 0.4) is 0 Å². The van der Waals surface area contributed by atoms with Crippen molar-refractivity contribution in [2.45, 2.75) is 6.54 Å². The van der Waals surface area contributed by atoms with E-state index in [0.29, 0.717) is 23.7 Å². The number of ether oxygens (including phenoxy) is 2. The molecular weight excluding hydrogens is 348 g/mol. The Labute approximate surface area is 154 Å². The number of benzene rings is 1. The van der Waals surface area contributed by atoms with Crippen molar-refractivity contribution in [2.24, 2.45) is 0 Å². The average molecular weight is 366 g/mol. The molecule has 138 valence electrons. The number of amides is 1. The maximum absolute atomic E-state index is 12.2. The lowest BCUT2D eigenvalue weighted by molar-refractivity contribution is -0.118. The largest absolute Gasteiger partial charge is 0.483 e. The van der Waals surface area contributed by atoms with Crippen molar-refractivity contribution in [2.75, 3.05) is 25.6 Å². The minimum Gasteiger partial charge on any atom is -0.483 e. The van der Waals surface area contributed by atoms with Gasteiger partial charge in [-0.3, -0.25) is 4.79 Å². The molecule has 0 aliphatic rings. The van der Waals surface area contributed by atoms with Crippen molar-refractivity contribution in [1.29, 1.82) is 0 Å². The summed E-state index contributed by atoms with van der Waals surface area (Å²) < 4.78 is 14.5. The highest BCUT2D eigenvalue weighted by Gasteiger charge is 2.10. The third kappa shape index (κ3) is 3.58. The van der Waals surface area contributed by atoms with Gasteiger partial charge in [-0.15, -0.1) is 5.10 Å². The standard InChI is InChI=1S/C18H18N6O3/c1-26-10-9-23-7-6-14-15(23)3-2-4-16(14)27-12-18(25)19-13-5-8-24-17(11-13)20-21-22-24/h2-8,11H,9-10,12H2,1H3,(H,19,25). The molecule has 0 fully saturated rings. The predicted octanol–water partition coefficient (Wildman–Crippen LogP) is 1.74. The monoisotopic (exact) mass is 366 g/mol. The van der Waals surface area contributed by atoms with E-state index >= 15 is 0 Å². The number of methoxy groups -OCH3 is 1. The summed E-state index contributed by atoms with van der Waals surface area (Å²) in [5.74, 6) is 0.401. The molecule has 3 heterocycles. The van der Waals surface area contributed by atoms with Crippen LogP contribution in [-0.2, 0) is 16.1 Å². The summed E-state index contributed by atoms with van der Waals surface area (Å²) >= 11 is 0. The summed E-state index contributed by atoms with van der Waals surface area (Å²) in [7, 11) is 1.68. The first-order chi connectivity index (χ1) is 13.2. The second-order valence-corrected chi connectivity index (χ2v) is 5.92. The van der Waals surface area contributed by atoms with Crippen LogP contribution in [0.25, 0.3) is 16.6 Å². The van der Waals surface area contributed by atoms with Gasteiger partial charge in [0, 0.05) is 43.2 Å². The van der Waals surface area contributed by atoms with Gasteiger partial charge in [0.1, 0.15) is 5.75 Å². The molecule has 1 aromatic carbocycles. The van der Waals surface area contributed by atoms with E-state index in [9.17, 15) is 4.79 Å². The Bertz CT molecular complexity index is 1090. The molecule has 9 heteroatoms. The Balaban J connectivity index is 1.43. The third-order valence-corrected chi connectivity index (χ3v) is 4.15. The molecule has 9 nitrogen and oxygen atoms in total. The summed E-state index contributed by atoms with van der Waals surface area (Å²) in [6.07, 6.45) is 3.66. The van der Waals surface area contributed by atoms with Gasteiger partial charge in [-0.05, 0) is 34.7 Å². The maximum atomic E-state index is 12.2. The zero-order chi connectivity index (χ0) is 18.6. The van der Waals surface area contributed by atoms with Gasteiger partial charge >= 0.3 is 0 Å². The SMILES string of the molecule is COCCn1ccc2c(OCC(=O)Nc3ccn4nnnc4c3)cccc21. The lowest BCUT2D eigenvalue weighted by atomic mass is 10.2. The molecule has 0 bridgehead atoms. The van der Waals surface area contributed by atoms with Crippen LogP contribution in [0.1, 0.15) is 0 Å². The van der Waals surface area contributed by atoms with Crippen molar-refractivity contribution in [1.82, 2.24) is 24.6 Å². The molecule has 0 aliphatic heterocycles. The number of carbonyl (C=O) groups is 1. The summed E-state index contributed by atoms with van der Waals surface area (Å²) in [6.45, 7) is 1.28. The van der Waals surface area contributed by atoms with Gasteiger partial charge in [0.25, 0.3) is 5.91 Å². The number of carbonyl (C=O) groups excluding carboxylic acids is 1. The van der Waals surface area contributed by atoms with Crippen molar-refractivity contribution < 1.29 is 14.3 Å². The van der Waals surface area contributed by atoms with E-state index in [2.05, 4.69) is 25.4 Å². The zero-order valence-electron chi connectivity index (χ0n) is 14.7. The van der Waals surface area contributed by atoms with Crippen molar-refractivity contribution >= 4 is 28.1 Å². The molecule has 4 aromatic rings. The number of anilines is 1. The van der Waals surface area contributed by atoms with E-state index in [1.165, 1.54) is 4.52 Å².